The van der Waals surface area contributed by atoms with E-state index in [-0.39, 0.29) is 24.4 Å². The van der Waals surface area contributed by atoms with Crippen molar-refractivity contribution in [2.24, 2.45) is 5.73 Å². The second kappa shape index (κ2) is 8.14. The molecule has 2 aromatic rings. The van der Waals surface area contributed by atoms with E-state index in [1.54, 1.807) is 6.07 Å². The zero-order valence-electron chi connectivity index (χ0n) is 15.7. The van der Waals surface area contributed by atoms with Gasteiger partial charge in [-0.2, -0.15) is 0 Å². The van der Waals surface area contributed by atoms with Crippen LogP contribution in [0.4, 0.5) is 24.8 Å². The second-order valence-electron chi connectivity index (χ2n) is 6.67. The number of hydrogen-bond acceptors (Lipinski definition) is 5. The molecule has 0 saturated carbocycles. The number of nitrogens with two attached hydrogens (primary N) is 1. The van der Waals surface area contributed by atoms with Crippen molar-refractivity contribution in [3.63, 3.8) is 0 Å². The van der Waals surface area contributed by atoms with Gasteiger partial charge in [0.25, 0.3) is 0 Å². The zero-order valence-corrected chi connectivity index (χ0v) is 15.7. The van der Waals surface area contributed by atoms with Crippen LogP contribution in [0.3, 0.4) is 0 Å². The molecule has 3 rings (SSSR count). The first-order valence-corrected chi connectivity index (χ1v) is 9.13. The van der Waals surface area contributed by atoms with Gasteiger partial charge in [0.1, 0.15) is 23.8 Å². The summed E-state index contributed by atoms with van der Waals surface area (Å²) >= 11 is 0. The van der Waals surface area contributed by atoms with Crippen LogP contribution in [0, 0.1) is 17.5 Å². The minimum atomic E-state index is -1.27. The molecule has 1 aliphatic heterocycles. The van der Waals surface area contributed by atoms with Crippen LogP contribution in [-0.4, -0.2) is 41.6 Å². The number of halogens is 3. The van der Waals surface area contributed by atoms with Crippen molar-refractivity contribution in [2.45, 2.75) is 32.2 Å². The van der Waals surface area contributed by atoms with Gasteiger partial charge in [0.05, 0.1) is 0 Å². The maximum atomic E-state index is 14.1. The molecule has 1 aromatic heterocycles. The molecule has 0 radical (unpaired) electrons. The number of piperidine rings is 1. The van der Waals surface area contributed by atoms with Gasteiger partial charge in [0.15, 0.2) is 11.6 Å². The third-order valence-electron chi connectivity index (χ3n) is 5.05. The highest BCUT2D eigenvalue weighted by atomic mass is 19.2. The highest BCUT2D eigenvalue weighted by Gasteiger charge is 2.36. The Morgan fingerprint density at radius 1 is 1.11 bits per heavy atom. The molecular weight excluding hydrogens is 371 g/mol. The number of carbonyl (C=O) groups is 1. The van der Waals surface area contributed by atoms with Crippen LogP contribution in [0.25, 0.3) is 0 Å². The molecule has 1 amide bonds. The predicted octanol–water partition coefficient (Wildman–Crippen LogP) is 2.59. The van der Waals surface area contributed by atoms with Crippen molar-refractivity contribution in [1.82, 2.24) is 9.97 Å². The van der Waals surface area contributed by atoms with E-state index in [9.17, 15) is 18.0 Å². The molecule has 6 nitrogen and oxygen atoms in total. The first-order valence-electron chi connectivity index (χ1n) is 9.13. The molecule has 2 N–H and O–H groups in total. The molecule has 0 bridgehead atoms. The zero-order chi connectivity index (χ0) is 20.4. The third-order valence-corrected chi connectivity index (χ3v) is 5.05. The Kier molecular flexibility index (Phi) is 5.83. The SMILES string of the molecule is CCN(CC)c1cc(N2C[C@H](N)[C@@H](c3cc(F)c(F)cc3F)CC2=O)ncn1. The second-order valence-corrected chi connectivity index (χ2v) is 6.67. The summed E-state index contributed by atoms with van der Waals surface area (Å²) in [7, 11) is 0. The number of rotatable bonds is 5. The predicted molar refractivity (Wildman–Crippen MR) is 99.6 cm³/mol. The minimum Gasteiger partial charge on any atom is -0.357 e. The van der Waals surface area contributed by atoms with Gasteiger partial charge in [-0.1, -0.05) is 0 Å². The molecule has 9 heteroatoms. The monoisotopic (exact) mass is 393 g/mol. The summed E-state index contributed by atoms with van der Waals surface area (Å²) in [5.74, 6) is -3.33. The van der Waals surface area contributed by atoms with Crippen LogP contribution in [0.15, 0.2) is 24.5 Å². The molecule has 2 atom stereocenters. The first-order chi connectivity index (χ1) is 13.3. The highest BCUT2D eigenvalue weighted by molar-refractivity contribution is 5.94. The lowest BCUT2D eigenvalue weighted by Gasteiger charge is -2.36. The molecule has 0 spiro atoms. The van der Waals surface area contributed by atoms with Crippen molar-refractivity contribution < 1.29 is 18.0 Å². The number of amides is 1. The van der Waals surface area contributed by atoms with Crippen molar-refractivity contribution in [1.29, 1.82) is 0 Å². The van der Waals surface area contributed by atoms with E-state index >= 15 is 0 Å². The van der Waals surface area contributed by atoms with Gasteiger partial charge in [0, 0.05) is 50.1 Å². The average Bonchev–Trinajstić information content (AvgIpc) is 2.67. The van der Waals surface area contributed by atoms with Gasteiger partial charge >= 0.3 is 0 Å². The molecule has 28 heavy (non-hydrogen) atoms. The molecular formula is C19H22F3N5O. The summed E-state index contributed by atoms with van der Waals surface area (Å²) in [6, 6.07) is 2.30. The molecule has 1 aromatic carbocycles. The Morgan fingerprint density at radius 3 is 2.46 bits per heavy atom. The van der Waals surface area contributed by atoms with E-state index in [0.29, 0.717) is 17.7 Å². The van der Waals surface area contributed by atoms with Crippen molar-refractivity contribution in [3.05, 3.63) is 47.5 Å². The van der Waals surface area contributed by atoms with Crippen LogP contribution < -0.4 is 15.5 Å². The fraction of sp³-hybridized carbons (Fsp3) is 0.421. The number of hydrogen-bond donors (Lipinski definition) is 1. The van der Waals surface area contributed by atoms with E-state index in [1.807, 2.05) is 18.7 Å². The van der Waals surface area contributed by atoms with Gasteiger partial charge in [-0.05, 0) is 25.5 Å². The van der Waals surface area contributed by atoms with Gasteiger partial charge in [-0.15, -0.1) is 0 Å². The summed E-state index contributed by atoms with van der Waals surface area (Å²) < 4.78 is 40.9. The highest BCUT2D eigenvalue weighted by Crippen LogP contribution is 2.33. The normalized spacial score (nSPS) is 19.8. The largest absolute Gasteiger partial charge is 0.357 e. The van der Waals surface area contributed by atoms with Gasteiger partial charge in [-0.3, -0.25) is 9.69 Å². The topological polar surface area (TPSA) is 75.3 Å². The van der Waals surface area contributed by atoms with Gasteiger partial charge in [0.2, 0.25) is 5.91 Å². The Hall–Kier alpha value is -2.68. The molecule has 1 fully saturated rings. The average molecular weight is 393 g/mol. The number of anilines is 2. The Balaban J connectivity index is 1.86. The molecule has 150 valence electrons. The Bertz CT molecular complexity index is 875. The summed E-state index contributed by atoms with van der Waals surface area (Å²) in [4.78, 5) is 24.5. The minimum absolute atomic E-state index is 0.0800. The molecule has 2 heterocycles. The van der Waals surface area contributed by atoms with Gasteiger partial charge in [-0.25, -0.2) is 23.1 Å². The lowest BCUT2D eigenvalue weighted by Crippen LogP contribution is -2.51. The van der Waals surface area contributed by atoms with E-state index in [2.05, 4.69) is 9.97 Å². The number of nitrogens with zero attached hydrogens (tertiary/aromatic N) is 4. The lowest BCUT2D eigenvalue weighted by atomic mass is 9.85. The molecule has 0 aliphatic carbocycles. The molecule has 1 aliphatic rings. The first kappa shape index (κ1) is 20.1. The Morgan fingerprint density at radius 2 is 1.79 bits per heavy atom. The quantitative estimate of drug-likeness (QED) is 0.791. The molecule has 1 saturated heterocycles. The summed E-state index contributed by atoms with van der Waals surface area (Å²) in [5, 5.41) is 0. The van der Waals surface area contributed by atoms with Crippen LogP contribution in [0.1, 0.15) is 31.7 Å². The summed E-state index contributed by atoms with van der Waals surface area (Å²) in [6.07, 6.45) is 1.25. The van der Waals surface area contributed by atoms with E-state index < -0.39 is 29.4 Å². The van der Waals surface area contributed by atoms with Crippen LogP contribution in [-0.2, 0) is 4.79 Å². The Labute approximate surface area is 161 Å². The van der Waals surface area contributed by atoms with Crippen LogP contribution in [0.2, 0.25) is 0 Å². The lowest BCUT2D eigenvalue weighted by molar-refractivity contribution is -0.120. The maximum absolute atomic E-state index is 14.1. The maximum Gasteiger partial charge on any atom is 0.228 e. The smallest absolute Gasteiger partial charge is 0.228 e. The number of carbonyl (C=O) groups excluding carboxylic acids is 1. The third kappa shape index (κ3) is 3.80. The van der Waals surface area contributed by atoms with E-state index in [4.69, 9.17) is 5.73 Å². The molecule has 0 unspecified atom stereocenters. The van der Waals surface area contributed by atoms with E-state index in [0.717, 1.165) is 19.2 Å². The van der Waals surface area contributed by atoms with Crippen LogP contribution >= 0.6 is 0 Å². The van der Waals surface area contributed by atoms with E-state index in [1.165, 1.54) is 11.2 Å². The summed E-state index contributed by atoms with van der Waals surface area (Å²) in [6.45, 7) is 5.56. The van der Waals surface area contributed by atoms with Crippen molar-refractivity contribution >= 4 is 17.5 Å². The van der Waals surface area contributed by atoms with Crippen molar-refractivity contribution in [3.8, 4) is 0 Å². The standard InChI is InChI=1S/C19H22F3N5O/c1-3-26(4-2)17-8-18(25-10-24-17)27-9-16(23)12(6-19(27)28)11-5-14(21)15(22)7-13(11)20/h5,7-8,10,12,16H,3-4,6,9,23H2,1-2H3/t12-,16+/m1/s1. The van der Waals surface area contributed by atoms with Crippen molar-refractivity contribution in [2.75, 3.05) is 29.4 Å². The fourth-order valence-corrected chi connectivity index (χ4v) is 3.48. The number of aromatic nitrogens is 2. The fourth-order valence-electron chi connectivity index (χ4n) is 3.48. The van der Waals surface area contributed by atoms with Crippen LogP contribution in [0.5, 0.6) is 0 Å². The van der Waals surface area contributed by atoms with Gasteiger partial charge < -0.3 is 10.6 Å². The number of benzene rings is 1. The summed E-state index contributed by atoms with van der Waals surface area (Å²) in [5.41, 5.74) is 6.09.